The number of H-pyrrole nitrogens is 1. The van der Waals surface area contributed by atoms with Crippen molar-refractivity contribution >= 4 is 34.6 Å². The molecule has 0 radical (unpaired) electrons. The van der Waals surface area contributed by atoms with Gasteiger partial charge in [0, 0.05) is 11.5 Å². The summed E-state index contributed by atoms with van der Waals surface area (Å²) in [6.45, 7) is 0. The van der Waals surface area contributed by atoms with Crippen LogP contribution in [0.2, 0.25) is 0 Å². The minimum atomic E-state index is -0.578. The van der Waals surface area contributed by atoms with Crippen LogP contribution in [0.15, 0.2) is 53.3 Å². The van der Waals surface area contributed by atoms with Crippen molar-refractivity contribution in [2.45, 2.75) is 6.42 Å². The Morgan fingerprint density at radius 1 is 1.20 bits per heavy atom. The van der Waals surface area contributed by atoms with Crippen LogP contribution in [0, 0.1) is 11.6 Å². The third-order valence-electron chi connectivity index (χ3n) is 4.51. The van der Waals surface area contributed by atoms with Crippen LogP contribution in [0.1, 0.15) is 16.8 Å². The van der Waals surface area contributed by atoms with Crippen LogP contribution < -0.4 is 10.1 Å². The lowest BCUT2D eigenvalue weighted by Gasteiger charge is -2.06. The number of hydrogen-bond donors (Lipinski definition) is 2. The second kappa shape index (κ2) is 8.20. The highest BCUT2D eigenvalue weighted by molar-refractivity contribution is 5.97. The van der Waals surface area contributed by atoms with Gasteiger partial charge in [0.05, 0.1) is 43.0 Å². The molecule has 0 unspecified atom stereocenters. The van der Waals surface area contributed by atoms with Crippen LogP contribution >= 0.6 is 0 Å². The second-order valence-electron chi connectivity index (χ2n) is 6.57. The molecule has 152 valence electrons. The zero-order valence-electron chi connectivity index (χ0n) is 15.9. The monoisotopic (exact) mass is 409 g/mol. The number of anilines is 1. The topological polar surface area (TPSA) is 80.1 Å². The SMILES string of the molecule is COc1cc(/C=C/c2n[nH]c3cc(F)c(NC(=O)Cc4ccoc4)cc23)ccc1F. The summed E-state index contributed by atoms with van der Waals surface area (Å²) < 4.78 is 37.9. The molecular formula is C22H17F2N3O3. The molecule has 0 saturated carbocycles. The normalized spacial score (nSPS) is 11.3. The van der Waals surface area contributed by atoms with Gasteiger partial charge in [0.1, 0.15) is 5.82 Å². The quantitative estimate of drug-likeness (QED) is 0.480. The van der Waals surface area contributed by atoms with Crippen molar-refractivity contribution in [3.8, 4) is 5.75 Å². The molecule has 4 rings (SSSR count). The predicted molar refractivity (Wildman–Crippen MR) is 109 cm³/mol. The average Bonchev–Trinajstić information content (AvgIpc) is 3.37. The van der Waals surface area contributed by atoms with Gasteiger partial charge in [0.25, 0.3) is 0 Å². The minimum Gasteiger partial charge on any atom is -0.494 e. The van der Waals surface area contributed by atoms with Gasteiger partial charge in [0.15, 0.2) is 11.6 Å². The number of carbonyl (C=O) groups is 1. The maximum Gasteiger partial charge on any atom is 0.228 e. The van der Waals surface area contributed by atoms with E-state index in [1.807, 2.05) is 0 Å². The van der Waals surface area contributed by atoms with Gasteiger partial charge in [-0.25, -0.2) is 8.78 Å². The lowest BCUT2D eigenvalue weighted by atomic mass is 10.1. The van der Waals surface area contributed by atoms with Gasteiger partial charge in [-0.05, 0) is 41.5 Å². The van der Waals surface area contributed by atoms with Crippen LogP contribution in [0.5, 0.6) is 5.75 Å². The van der Waals surface area contributed by atoms with Crippen LogP contribution in [0.25, 0.3) is 23.1 Å². The summed E-state index contributed by atoms with van der Waals surface area (Å²) in [7, 11) is 1.39. The summed E-state index contributed by atoms with van der Waals surface area (Å²) in [4.78, 5) is 12.2. The van der Waals surface area contributed by atoms with Crippen LogP contribution in [0.4, 0.5) is 14.5 Å². The smallest absolute Gasteiger partial charge is 0.228 e. The van der Waals surface area contributed by atoms with Crippen molar-refractivity contribution in [3.05, 3.63) is 77.4 Å². The molecule has 2 N–H and O–H groups in total. The Labute approximate surface area is 170 Å². The van der Waals surface area contributed by atoms with E-state index in [1.165, 1.54) is 37.8 Å². The highest BCUT2D eigenvalue weighted by atomic mass is 19.1. The predicted octanol–water partition coefficient (Wildman–Crippen LogP) is 4.79. The molecular weight excluding hydrogens is 392 g/mol. The molecule has 2 aromatic heterocycles. The molecule has 0 fully saturated rings. The summed E-state index contributed by atoms with van der Waals surface area (Å²) in [6, 6.07) is 8.93. The van der Waals surface area contributed by atoms with Crippen molar-refractivity contribution < 1.29 is 22.7 Å². The molecule has 8 heteroatoms. The molecule has 0 saturated heterocycles. The first kappa shape index (κ1) is 19.4. The van der Waals surface area contributed by atoms with Crippen LogP contribution in [0.3, 0.4) is 0 Å². The number of furan rings is 1. The van der Waals surface area contributed by atoms with Crippen LogP contribution in [-0.2, 0) is 11.2 Å². The van der Waals surface area contributed by atoms with Gasteiger partial charge in [-0.3, -0.25) is 9.89 Å². The van der Waals surface area contributed by atoms with Crippen molar-refractivity contribution in [2.24, 2.45) is 0 Å². The highest BCUT2D eigenvalue weighted by Gasteiger charge is 2.13. The van der Waals surface area contributed by atoms with Gasteiger partial charge in [0.2, 0.25) is 5.91 Å². The van der Waals surface area contributed by atoms with E-state index in [9.17, 15) is 13.6 Å². The number of amides is 1. The van der Waals surface area contributed by atoms with Crippen molar-refractivity contribution in [1.82, 2.24) is 10.2 Å². The fourth-order valence-electron chi connectivity index (χ4n) is 3.01. The third kappa shape index (κ3) is 4.07. The average molecular weight is 409 g/mol. The largest absolute Gasteiger partial charge is 0.494 e. The zero-order chi connectivity index (χ0) is 21.1. The fourth-order valence-corrected chi connectivity index (χ4v) is 3.01. The molecule has 0 spiro atoms. The number of fused-ring (bicyclic) bond motifs is 1. The highest BCUT2D eigenvalue weighted by Crippen LogP contribution is 2.26. The molecule has 0 aliphatic carbocycles. The summed E-state index contributed by atoms with van der Waals surface area (Å²) in [5.74, 6) is -1.26. The number of carbonyl (C=O) groups excluding carboxylic acids is 1. The Morgan fingerprint density at radius 2 is 2.07 bits per heavy atom. The van der Waals surface area contributed by atoms with E-state index in [2.05, 4.69) is 15.5 Å². The van der Waals surface area contributed by atoms with Gasteiger partial charge in [-0.2, -0.15) is 5.10 Å². The number of halogens is 2. The van der Waals surface area contributed by atoms with E-state index in [0.717, 1.165) is 0 Å². The molecule has 1 amide bonds. The van der Waals surface area contributed by atoms with Crippen molar-refractivity contribution in [2.75, 3.05) is 12.4 Å². The number of nitrogens with one attached hydrogen (secondary N) is 2. The number of methoxy groups -OCH3 is 1. The van der Waals surface area contributed by atoms with Gasteiger partial charge in [-0.1, -0.05) is 12.1 Å². The molecule has 0 aliphatic heterocycles. The maximum absolute atomic E-state index is 14.4. The third-order valence-corrected chi connectivity index (χ3v) is 4.51. The summed E-state index contributed by atoms with van der Waals surface area (Å²) >= 11 is 0. The molecule has 0 aliphatic rings. The first-order valence-electron chi connectivity index (χ1n) is 9.03. The molecule has 0 atom stereocenters. The van der Waals surface area contributed by atoms with E-state index >= 15 is 0 Å². The minimum absolute atomic E-state index is 0.0514. The van der Waals surface area contributed by atoms with Crippen LogP contribution in [-0.4, -0.2) is 23.2 Å². The summed E-state index contributed by atoms with van der Waals surface area (Å²) in [6.07, 6.45) is 6.44. The Balaban J connectivity index is 1.59. The van der Waals surface area contributed by atoms with Gasteiger partial charge >= 0.3 is 0 Å². The first-order valence-corrected chi connectivity index (χ1v) is 9.03. The van der Waals surface area contributed by atoms with E-state index < -0.39 is 11.6 Å². The number of aromatic amines is 1. The Bertz CT molecular complexity index is 1230. The fraction of sp³-hybridized carbons (Fsp3) is 0.0909. The van der Waals surface area contributed by atoms with Gasteiger partial charge < -0.3 is 14.5 Å². The molecule has 30 heavy (non-hydrogen) atoms. The molecule has 4 aromatic rings. The number of hydrogen-bond acceptors (Lipinski definition) is 4. The van der Waals surface area contributed by atoms with E-state index in [4.69, 9.17) is 9.15 Å². The zero-order valence-corrected chi connectivity index (χ0v) is 15.9. The second-order valence-corrected chi connectivity index (χ2v) is 6.57. The first-order chi connectivity index (χ1) is 14.5. The van der Waals surface area contributed by atoms with E-state index in [1.54, 1.807) is 30.4 Å². The Morgan fingerprint density at radius 3 is 2.83 bits per heavy atom. The number of rotatable bonds is 6. The Kier molecular flexibility index (Phi) is 5.30. The molecule has 2 heterocycles. The number of benzene rings is 2. The molecule has 2 aromatic carbocycles. The summed E-state index contributed by atoms with van der Waals surface area (Å²) in [5, 5.41) is 10.1. The van der Waals surface area contributed by atoms with E-state index in [-0.39, 0.29) is 23.8 Å². The lowest BCUT2D eigenvalue weighted by molar-refractivity contribution is -0.115. The molecule has 6 nitrogen and oxygen atoms in total. The number of ether oxygens (including phenoxy) is 1. The summed E-state index contributed by atoms with van der Waals surface area (Å²) in [5.41, 5.74) is 2.47. The number of nitrogens with zero attached hydrogens (tertiary/aromatic N) is 1. The van der Waals surface area contributed by atoms with E-state index in [0.29, 0.717) is 27.7 Å². The number of aromatic nitrogens is 2. The van der Waals surface area contributed by atoms with Crippen molar-refractivity contribution in [1.29, 1.82) is 0 Å². The molecule has 0 bridgehead atoms. The standard InChI is InChI=1S/C22H17F2N3O3/c1-29-21-8-13(2-4-16(21)23)3-5-18-15-10-20(17(24)11-19(15)27-26-18)25-22(28)9-14-6-7-30-12-14/h2-8,10-12H,9H2,1H3,(H,25,28)(H,26,27)/b5-3+. The van der Waals surface area contributed by atoms with Gasteiger partial charge in [-0.15, -0.1) is 0 Å². The van der Waals surface area contributed by atoms with Crippen molar-refractivity contribution in [3.63, 3.8) is 0 Å². The lowest BCUT2D eigenvalue weighted by Crippen LogP contribution is -2.15. The maximum atomic E-state index is 14.4. The Hall–Kier alpha value is -3.94.